The number of fused-ring (bicyclic) bond motifs is 1. The van der Waals surface area contributed by atoms with Crippen LogP contribution in [0, 0.1) is 0 Å². The fraction of sp³-hybridized carbons (Fsp3) is 0.290. The number of piperidine rings is 1. The number of nitrogens with zero attached hydrogens (tertiary/aromatic N) is 1. The first-order valence-corrected chi connectivity index (χ1v) is 12.7. The Labute approximate surface area is 213 Å². The van der Waals surface area contributed by atoms with Crippen LogP contribution < -0.4 is 18.9 Å². The Kier molecular flexibility index (Phi) is 7.89. The maximum Gasteiger partial charge on any atom is 0.230 e. The topological polar surface area (TPSA) is 40.2 Å². The van der Waals surface area contributed by atoms with Crippen LogP contribution in [0.4, 0.5) is 0 Å². The predicted molar refractivity (Wildman–Crippen MR) is 144 cm³/mol. The molecule has 0 aliphatic carbocycles. The molecule has 0 radical (unpaired) electrons. The average Bonchev–Trinajstić information content (AvgIpc) is 2.94. The third kappa shape index (κ3) is 6.29. The van der Waals surface area contributed by atoms with Crippen molar-refractivity contribution in [2.24, 2.45) is 0 Å². The zero-order valence-electron chi connectivity index (χ0n) is 20.8. The van der Waals surface area contributed by atoms with Gasteiger partial charge in [-0.1, -0.05) is 36.8 Å². The molecule has 4 aromatic rings. The highest BCUT2D eigenvalue weighted by Crippen LogP contribution is 2.29. The molecule has 1 heterocycles. The van der Waals surface area contributed by atoms with Crippen LogP contribution in [0.1, 0.15) is 19.3 Å². The van der Waals surface area contributed by atoms with E-state index < -0.39 is 0 Å². The lowest BCUT2D eigenvalue weighted by molar-refractivity contribution is 0.120. The van der Waals surface area contributed by atoms with Gasteiger partial charge in [0.05, 0.1) is 7.11 Å². The van der Waals surface area contributed by atoms with Crippen molar-refractivity contribution >= 4 is 10.8 Å². The molecule has 1 fully saturated rings. The number of rotatable bonds is 10. The van der Waals surface area contributed by atoms with Crippen molar-refractivity contribution in [1.29, 1.82) is 0 Å². The van der Waals surface area contributed by atoms with Gasteiger partial charge in [0.1, 0.15) is 29.6 Å². The van der Waals surface area contributed by atoms with Gasteiger partial charge in [-0.25, -0.2) is 0 Å². The Morgan fingerprint density at radius 3 is 2.08 bits per heavy atom. The molecule has 5 heteroatoms. The van der Waals surface area contributed by atoms with Gasteiger partial charge in [-0.15, -0.1) is 0 Å². The van der Waals surface area contributed by atoms with Gasteiger partial charge in [-0.2, -0.15) is 0 Å². The highest BCUT2D eigenvalue weighted by atomic mass is 16.7. The molecule has 0 spiro atoms. The minimum atomic E-state index is 0.141. The lowest BCUT2D eigenvalue weighted by Gasteiger charge is -2.26. The molecule has 0 aromatic heterocycles. The van der Waals surface area contributed by atoms with E-state index in [9.17, 15) is 0 Å². The quantitative estimate of drug-likeness (QED) is 0.232. The minimum absolute atomic E-state index is 0.141. The molecule has 186 valence electrons. The zero-order chi connectivity index (χ0) is 24.6. The lowest BCUT2D eigenvalue weighted by atomic mass is 10.0. The van der Waals surface area contributed by atoms with Gasteiger partial charge < -0.3 is 18.9 Å². The number of hydrogen-bond acceptors (Lipinski definition) is 5. The van der Waals surface area contributed by atoms with E-state index in [4.69, 9.17) is 18.9 Å². The van der Waals surface area contributed by atoms with Crippen molar-refractivity contribution in [3.8, 4) is 34.1 Å². The number of hydrogen-bond donors (Lipinski definition) is 0. The van der Waals surface area contributed by atoms with E-state index >= 15 is 0 Å². The second kappa shape index (κ2) is 11.8. The second-order valence-electron chi connectivity index (χ2n) is 9.08. The van der Waals surface area contributed by atoms with Crippen LogP contribution in [0.15, 0.2) is 84.9 Å². The molecular formula is C31H33NO4. The Bertz CT molecular complexity index is 1270. The highest BCUT2D eigenvalue weighted by Gasteiger charge is 2.09. The zero-order valence-corrected chi connectivity index (χ0v) is 20.8. The molecule has 0 atom stereocenters. The Morgan fingerprint density at radius 1 is 0.611 bits per heavy atom. The van der Waals surface area contributed by atoms with Gasteiger partial charge in [-0.05, 0) is 102 Å². The van der Waals surface area contributed by atoms with Crippen molar-refractivity contribution in [3.05, 3.63) is 84.9 Å². The maximum absolute atomic E-state index is 5.89. The van der Waals surface area contributed by atoms with Crippen LogP contribution in [0.2, 0.25) is 0 Å². The van der Waals surface area contributed by atoms with Gasteiger partial charge in [0.25, 0.3) is 0 Å². The van der Waals surface area contributed by atoms with Crippen LogP contribution in [0.3, 0.4) is 0 Å². The molecule has 5 nitrogen and oxygen atoms in total. The molecule has 1 aliphatic heterocycles. The summed E-state index contributed by atoms with van der Waals surface area (Å²) in [6, 6.07) is 28.3. The summed E-state index contributed by atoms with van der Waals surface area (Å²) in [6.07, 6.45) is 3.96. The first-order valence-electron chi connectivity index (χ1n) is 12.7. The Hall–Kier alpha value is -3.70. The monoisotopic (exact) mass is 483 g/mol. The SMILES string of the molecule is COc1cccc(-c2ccc3cc(OCOc4ccc(OCCN5CCCCC5)cc4)ccc3c2)c1. The van der Waals surface area contributed by atoms with Crippen molar-refractivity contribution in [2.75, 3.05) is 40.1 Å². The molecule has 0 N–H and O–H groups in total. The van der Waals surface area contributed by atoms with E-state index in [0.717, 1.165) is 51.4 Å². The van der Waals surface area contributed by atoms with E-state index in [1.165, 1.54) is 32.4 Å². The van der Waals surface area contributed by atoms with Crippen molar-refractivity contribution < 1.29 is 18.9 Å². The van der Waals surface area contributed by atoms with Gasteiger partial charge in [0.15, 0.2) is 0 Å². The summed E-state index contributed by atoms with van der Waals surface area (Å²) < 4.78 is 22.9. The normalized spacial score (nSPS) is 13.9. The maximum atomic E-state index is 5.89. The summed E-state index contributed by atoms with van der Waals surface area (Å²) in [7, 11) is 1.69. The first kappa shape index (κ1) is 24.0. The van der Waals surface area contributed by atoms with E-state index in [1.807, 2.05) is 54.6 Å². The summed E-state index contributed by atoms with van der Waals surface area (Å²) in [6.45, 7) is 4.23. The first-order chi connectivity index (χ1) is 17.8. The number of likely N-dealkylation sites (tertiary alicyclic amines) is 1. The van der Waals surface area contributed by atoms with Crippen LogP contribution in [-0.4, -0.2) is 45.0 Å². The smallest absolute Gasteiger partial charge is 0.230 e. The fourth-order valence-electron chi connectivity index (χ4n) is 4.57. The van der Waals surface area contributed by atoms with Gasteiger partial charge >= 0.3 is 0 Å². The van der Waals surface area contributed by atoms with E-state index in [1.54, 1.807) is 7.11 Å². The van der Waals surface area contributed by atoms with Crippen LogP contribution >= 0.6 is 0 Å². The highest BCUT2D eigenvalue weighted by molar-refractivity contribution is 5.88. The standard InChI is InChI=1S/C31H33NO4/c1-33-30-7-5-6-24(21-30)25-8-9-27-22-31(11-10-26(27)20-25)36-23-35-29-14-12-28(13-15-29)34-19-18-32-16-3-2-4-17-32/h5-15,20-22H,2-4,16-19,23H2,1H3. The lowest BCUT2D eigenvalue weighted by Crippen LogP contribution is -2.33. The number of ether oxygens (including phenoxy) is 4. The fourth-order valence-corrected chi connectivity index (χ4v) is 4.57. The summed E-state index contributed by atoms with van der Waals surface area (Å²) in [5.74, 6) is 3.24. The molecule has 36 heavy (non-hydrogen) atoms. The molecule has 5 rings (SSSR count). The largest absolute Gasteiger partial charge is 0.497 e. The minimum Gasteiger partial charge on any atom is -0.497 e. The second-order valence-corrected chi connectivity index (χ2v) is 9.08. The molecule has 0 saturated carbocycles. The molecule has 1 saturated heterocycles. The van der Waals surface area contributed by atoms with E-state index in [0.29, 0.717) is 6.61 Å². The van der Waals surface area contributed by atoms with E-state index in [-0.39, 0.29) is 6.79 Å². The molecule has 0 unspecified atom stereocenters. The van der Waals surface area contributed by atoms with Crippen molar-refractivity contribution in [2.45, 2.75) is 19.3 Å². The predicted octanol–water partition coefficient (Wildman–Crippen LogP) is 6.80. The molecule has 0 bridgehead atoms. The van der Waals surface area contributed by atoms with Crippen molar-refractivity contribution in [3.63, 3.8) is 0 Å². The molecule has 1 aliphatic rings. The third-order valence-corrected chi connectivity index (χ3v) is 6.61. The van der Waals surface area contributed by atoms with Crippen molar-refractivity contribution in [1.82, 2.24) is 4.90 Å². The summed E-state index contributed by atoms with van der Waals surface area (Å²) in [4.78, 5) is 2.48. The van der Waals surface area contributed by atoms with Crippen LogP contribution in [-0.2, 0) is 0 Å². The molecular weight excluding hydrogens is 450 g/mol. The van der Waals surface area contributed by atoms with Gasteiger partial charge in [0.2, 0.25) is 6.79 Å². The molecule has 0 amide bonds. The van der Waals surface area contributed by atoms with Gasteiger partial charge in [0, 0.05) is 6.54 Å². The van der Waals surface area contributed by atoms with Crippen LogP contribution in [0.5, 0.6) is 23.0 Å². The summed E-state index contributed by atoms with van der Waals surface area (Å²) in [5.41, 5.74) is 2.28. The summed E-state index contributed by atoms with van der Waals surface area (Å²) in [5, 5.41) is 2.27. The number of benzene rings is 4. The van der Waals surface area contributed by atoms with Gasteiger partial charge in [-0.3, -0.25) is 4.90 Å². The Balaban J connectivity index is 1.11. The number of methoxy groups -OCH3 is 1. The van der Waals surface area contributed by atoms with E-state index in [2.05, 4.69) is 35.2 Å². The van der Waals surface area contributed by atoms with Crippen LogP contribution in [0.25, 0.3) is 21.9 Å². The molecule has 4 aromatic carbocycles. The Morgan fingerprint density at radius 2 is 1.28 bits per heavy atom. The third-order valence-electron chi connectivity index (χ3n) is 6.61. The summed E-state index contributed by atoms with van der Waals surface area (Å²) >= 11 is 0. The average molecular weight is 484 g/mol.